The first-order valence-corrected chi connectivity index (χ1v) is 10.7. The molecule has 2 aromatic carbocycles. The maximum absolute atomic E-state index is 12.7. The number of benzene rings is 2. The molecule has 1 aliphatic heterocycles. The van der Waals surface area contributed by atoms with Crippen LogP contribution >= 0.6 is 0 Å². The lowest BCUT2D eigenvalue weighted by molar-refractivity contribution is 0.0342. The second kappa shape index (κ2) is 9.42. The summed E-state index contributed by atoms with van der Waals surface area (Å²) < 4.78 is 11.0. The summed E-state index contributed by atoms with van der Waals surface area (Å²) in [7, 11) is 0. The number of phenolic OH excluding ortho intramolecular Hbond substituents is 2. The molecule has 3 aromatic rings. The molecule has 0 bridgehead atoms. The molecule has 8 heteroatoms. The Hall–Kier alpha value is -3.36. The summed E-state index contributed by atoms with van der Waals surface area (Å²) in [4.78, 5) is 15.0. The Kier molecular flexibility index (Phi) is 6.43. The number of hydrogen-bond donors (Lipinski definition) is 3. The minimum Gasteiger partial charge on any atom is -0.508 e. The molecular formula is C24H27N3O5. The molecule has 0 unspecified atom stereocenters. The number of morpholine rings is 1. The molecule has 4 rings (SSSR count). The van der Waals surface area contributed by atoms with Crippen LogP contribution in [0.25, 0.3) is 22.5 Å². The van der Waals surface area contributed by atoms with Gasteiger partial charge >= 0.3 is 0 Å². The molecule has 1 fully saturated rings. The molecule has 0 aliphatic carbocycles. The first kappa shape index (κ1) is 21.9. The molecule has 8 nitrogen and oxygen atoms in total. The molecule has 0 atom stereocenters. The van der Waals surface area contributed by atoms with Crippen molar-refractivity contribution in [3.05, 3.63) is 53.2 Å². The number of hydrogen-bond acceptors (Lipinski definition) is 7. The third-order valence-electron chi connectivity index (χ3n) is 5.56. The average molecular weight is 437 g/mol. The molecule has 32 heavy (non-hydrogen) atoms. The number of aromatic hydroxyl groups is 2. The van der Waals surface area contributed by atoms with E-state index in [1.807, 2.05) is 31.2 Å². The van der Waals surface area contributed by atoms with Crippen LogP contribution in [0.2, 0.25) is 0 Å². The van der Waals surface area contributed by atoms with Gasteiger partial charge in [0.2, 0.25) is 0 Å². The number of carbonyl (C=O) groups is 1. The lowest BCUT2D eigenvalue weighted by Gasteiger charge is -2.26. The molecular weight excluding hydrogens is 410 g/mol. The predicted molar refractivity (Wildman–Crippen MR) is 120 cm³/mol. The van der Waals surface area contributed by atoms with Gasteiger partial charge in [-0.2, -0.15) is 0 Å². The van der Waals surface area contributed by atoms with Crippen molar-refractivity contribution in [3.8, 4) is 33.9 Å². The lowest BCUT2D eigenvalue weighted by Crippen LogP contribution is -2.35. The van der Waals surface area contributed by atoms with Gasteiger partial charge in [0, 0.05) is 32.2 Å². The molecule has 1 amide bonds. The summed E-state index contributed by atoms with van der Waals surface area (Å²) >= 11 is 0. The second-order valence-corrected chi connectivity index (χ2v) is 7.84. The van der Waals surface area contributed by atoms with Crippen LogP contribution in [0, 0.1) is 6.92 Å². The number of aryl methyl sites for hydroxylation is 1. The van der Waals surface area contributed by atoms with Crippen LogP contribution in [-0.2, 0) is 11.3 Å². The monoisotopic (exact) mass is 437 g/mol. The van der Waals surface area contributed by atoms with E-state index < -0.39 is 0 Å². The first-order valence-electron chi connectivity index (χ1n) is 10.7. The van der Waals surface area contributed by atoms with E-state index in [1.165, 1.54) is 6.07 Å². The van der Waals surface area contributed by atoms with Crippen molar-refractivity contribution >= 4 is 5.91 Å². The van der Waals surface area contributed by atoms with E-state index in [0.717, 1.165) is 44.0 Å². The molecule has 168 valence electrons. The van der Waals surface area contributed by atoms with E-state index in [0.29, 0.717) is 23.2 Å². The Morgan fingerprint density at radius 3 is 2.53 bits per heavy atom. The minimum absolute atomic E-state index is 0.0243. The fraction of sp³-hybridized carbons (Fsp3) is 0.333. The van der Waals surface area contributed by atoms with Crippen molar-refractivity contribution in [2.45, 2.75) is 20.4 Å². The van der Waals surface area contributed by atoms with E-state index >= 15 is 0 Å². The van der Waals surface area contributed by atoms with Gasteiger partial charge in [-0.3, -0.25) is 9.69 Å². The summed E-state index contributed by atoms with van der Waals surface area (Å²) in [5.41, 5.74) is 3.47. The maximum Gasteiger partial charge on any atom is 0.274 e. The van der Waals surface area contributed by atoms with Crippen LogP contribution in [-0.4, -0.2) is 59.0 Å². The second-order valence-electron chi connectivity index (χ2n) is 7.84. The smallest absolute Gasteiger partial charge is 0.274 e. The number of carbonyl (C=O) groups excluding carboxylic acids is 1. The summed E-state index contributed by atoms with van der Waals surface area (Å²) in [6, 6.07) is 10.8. The van der Waals surface area contributed by atoms with Crippen LogP contribution in [0.3, 0.4) is 0 Å². The SMILES string of the molecule is CCNC(=O)c1noc(-c2cc(C)c(O)cc2O)c1-c1ccc(CN2CCOCC2)cc1. The number of aromatic nitrogens is 1. The van der Waals surface area contributed by atoms with Crippen molar-refractivity contribution in [2.24, 2.45) is 0 Å². The Morgan fingerprint density at radius 1 is 1.12 bits per heavy atom. The summed E-state index contributed by atoms with van der Waals surface area (Å²) in [6.45, 7) is 8.11. The van der Waals surface area contributed by atoms with Crippen LogP contribution in [0.5, 0.6) is 11.5 Å². The zero-order valence-electron chi connectivity index (χ0n) is 18.2. The molecule has 1 aromatic heterocycles. The zero-order valence-corrected chi connectivity index (χ0v) is 18.2. The normalized spacial score (nSPS) is 14.4. The highest BCUT2D eigenvalue weighted by atomic mass is 16.5. The van der Waals surface area contributed by atoms with Crippen LogP contribution < -0.4 is 5.32 Å². The standard InChI is InChI=1S/C24H27N3O5/c1-3-25-24(30)22-21(23(32-26-22)18-12-15(2)19(28)13-20(18)29)17-6-4-16(5-7-17)14-27-8-10-31-11-9-27/h4-7,12-13,28-29H,3,8-11,14H2,1-2H3,(H,25,30). The lowest BCUT2D eigenvalue weighted by atomic mass is 9.96. The number of phenols is 2. The van der Waals surface area contributed by atoms with E-state index in [2.05, 4.69) is 15.4 Å². The Balaban J connectivity index is 1.73. The van der Waals surface area contributed by atoms with E-state index in [1.54, 1.807) is 13.0 Å². The Labute approximate surface area is 186 Å². The van der Waals surface area contributed by atoms with Crippen LogP contribution in [0.1, 0.15) is 28.5 Å². The van der Waals surface area contributed by atoms with Crippen molar-refractivity contribution in [3.63, 3.8) is 0 Å². The van der Waals surface area contributed by atoms with Crippen molar-refractivity contribution in [2.75, 3.05) is 32.8 Å². The van der Waals surface area contributed by atoms with Crippen LogP contribution in [0.15, 0.2) is 40.9 Å². The number of nitrogens with zero attached hydrogens (tertiary/aromatic N) is 2. The molecule has 3 N–H and O–H groups in total. The van der Waals surface area contributed by atoms with Gasteiger partial charge in [-0.1, -0.05) is 29.4 Å². The van der Waals surface area contributed by atoms with Gasteiger partial charge in [-0.25, -0.2) is 0 Å². The van der Waals surface area contributed by atoms with E-state index in [4.69, 9.17) is 9.26 Å². The highest BCUT2D eigenvalue weighted by Crippen LogP contribution is 2.41. The summed E-state index contributed by atoms with van der Waals surface area (Å²) in [6.07, 6.45) is 0. The predicted octanol–water partition coefficient (Wildman–Crippen LogP) is 3.31. The molecule has 0 saturated carbocycles. The molecule has 0 spiro atoms. The topological polar surface area (TPSA) is 108 Å². The fourth-order valence-electron chi connectivity index (χ4n) is 3.80. The summed E-state index contributed by atoms with van der Waals surface area (Å²) in [5, 5.41) is 27.1. The largest absolute Gasteiger partial charge is 0.508 e. The zero-order chi connectivity index (χ0) is 22.7. The Bertz CT molecular complexity index is 1100. The summed E-state index contributed by atoms with van der Waals surface area (Å²) in [5.74, 6) is -0.265. The van der Waals surface area contributed by atoms with Crippen molar-refractivity contribution < 1.29 is 24.3 Å². The maximum atomic E-state index is 12.7. The third-order valence-corrected chi connectivity index (χ3v) is 5.56. The van der Waals surface area contributed by atoms with Gasteiger partial charge < -0.3 is 24.8 Å². The molecule has 1 aliphatic rings. The van der Waals surface area contributed by atoms with Crippen molar-refractivity contribution in [1.82, 2.24) is 15.4 Å². The van der Waals surface area contributed by atoms with Gasteiger partial charge in [-0.05, 0) is 36.6 Å². The number of nitrogens with one attached hydrogen (secondary N) is 1. The Morgan fingerprint density at radius 2 is 1.84 bits per heavy atom. The molecule has 1 saturated heterocycles. The van der Waals surface area contributed by atoms with Crippen LogP contribution in [0.4, 0.5) is 0 Å². The van der Waals surface area contributed by atoms with Gasteiger partial charge in [0.05, 0.1) is 24.3 Å². The quantitative estimate of drug-likeness (QED) is 0.543. The van der Waals surface area contributed by atoms with Gasteiger partial charge in [0.1, 0.15) is 11.5 Å². The van der Waals surface area contributed by atoms with Crippen molar-refractivity contribution in [1.29, 1.82) is 0 Å². The molecule has 2 heterocycles. The number of amides is 1. The minimum atomic E-state index is -0.357. The van der Waals surface area contributed by atoms with E-state index in [-0.39, 0.29) is 28.9 Å². The van der Waals surface area contributed by atoms with Gasteiger partial charge in [0.15, 0.2) is 11.5 Å². The van der Waals surface area contributed by atoms with Gasteiger partial charge in [-0.15, -0.1) is 0 Å². The highest BCUT2D eigenvalue weighted by Gasteiger charge is 2.26. The number of ether oxygens (including phenoxy) is 1. The molecule has 0 radical (unpaired) electrons. The van der Waals surface area contributed by atoms with Gasteiger partial charge in [0.25, 0.3) is 5.91 Å². The number of rotatable bonds is 6. The van der Waals surface area contributed by atoms with E-state index in [9.17, 15) is 15.0 Å². The third kappa shape index (κ3) is 4.46. The highest BCUT2D eigenvalue weighted by molar-refractivity contribution is 6.02. The fourth-order valence-corrected chi connectivity index (χ4v) is 3.80. The average Bonchev–Trinajstić information content (AvgIpc) is 3.23. The first-order chi connectivity index (χ1) is 15.5.